The van der Waals surface area contributed by atoms with Gasteiger partial charge in [-0.25, -0.2) is 0 Å². The molecule has 0 spiro atoms. The Bertz CT molecular complexity index is 556. The van der Waals surface area contributed by atoms with Crippen molar-refractivity contribution < 1.29 is 4.79 Å². The van der Waals surface area contributed by atoms with Gasteiger partial charge in [0.1, 0.15) is 0 Å². The quantitative estimate of drug-likeness (QED) is 0.838. The van der Waals surface area contributed by atoms with Crippen LogP contribution in [0.25, 0.3) is 0 Å². The maximum Gasteiger partial charge on any atom is 0.236 e. The molecule has 3 rings (SSSR count). The molecular weight excluding hydrogens is 290 g/mol. The highest BCUT2D eigenvalue weighted by Gasteiger charge is 2.24. The van der Waals surface area contributed by atoms with Gasteiger partial charge in [0, 0.05) is 51.0 Å². The first-order chi connectivity index (χ1) is 11.0. The van der Waals surface area contributed by atoms with Crippen LogP contribution < -0.4 is 5.32 Å². The third kappa shape index (κ3) is 4.12. The van der Waals surface area contributed by atoms with E-state index in [4.69, 9.17) is 0 Å². The molecule has 6 heteroatoms. The van der Waals surface area contributed by atoms with Crippen LogP contribution in [0.15, 0.2) is 0 Å². The Kier molecular flexibility index (Phi) is 5.02. The molecule has 128 valence electrons. The number of hydrogen-bond acceptors (Lipinski definition) is 4. The number of piperazine rings is 1. The van der Waals surface area contributed by atoms with Crippen molar-refractivity contribution in [1.29, 1.82) is 0 Å². The predicted octanol–water partition coefficient (Wildman–Crippen LogP) is 0.681. The molecule has 1 aliphatic carbocycles. The first-order valence-corrected chi connectivity index (χ1v) is 8.74. The summed E-state index contributed by atoms with van der Waals surface area (Å²) in [4.78, 5) is 16.6. The molecule has 1 aromatic rings. The highest BCUT2D eigenvalue weighted by Crippen LogP contribution is 2.27. The van der Waals surface area contributed by atoms with E-state index in [-0.39, 0.29) is 5.91 Å². The first-order valence-electron chi connectivity index (χ1n) is 8.74. The van der Waals surface area contributed by atoms with E-state index in [2.05, 4.69) is 29.2 Å². The summed E-state index contributed by atoms with van der Waals surface area (Å²) in [7, 11) is 2.00. The van der Waals surface area contributed by atoms with Gasteiger partial charge in [0.25, 0.3) is 0 Å². The number of amides is 1. The average Bonchev–Trinajstić information content (AvgIpc) is 3.32. The van der Waals surface area contributed by atoms with E-state index in [1.807, 2.05) is 16.6 Å². The van der Waals surface area contributed by atoms with Crippen molar-refractivity contribution in [2.45, 2.75) is 33.2 Å². The number of rotatable bonds is 6. The van der Waals surface area contributed by atoms with E-state index >= 15 is 0 Å². The van der Waals surface area contributed by atoms with Crippen molar-refractivity contribution in [3.05, 3.63) is 17.0 Å². The van der Waals surface area contributed by atoms with Gasteiger partial charge < -0.3 is 10.2 Å². The number of carbonyl (C=O) groups excluding carboxylic acids is 1. The largest absolute Gasteiger partial charge is 0.339 e. The van der Waals surface area contributed by atoms with Gasteiger partial charge in [0.15, 0.2) is 0 Å². The molecule has 2 aliphatic rings. The van der Waals surface area contributed by atoms with Crippen LogP contribution in [-0.2, 0) is 18.4 Å². The molecule has 6 nitrogen and oxygen atoms in total. The molecule has 2 fully saturated rings. The molecule has 0 unspecified atom stereocenters. The predicted molar refractivity (Wildman–Crippen MR) is 90.1 cm³/mol. The SMILES string of the molecule is Cc1nn(C)c(C)c1CN1CCN(C(=O)CNCC2CC2)CC1. The molecule has 1 amide bonds. The monoisotopic (exact) mass is 319 g/mol. The number of nitrogens with one attached hydrogen (secondary N) is 1. The minimum Gasteiger partial charge on any atom is -0.339 e. The summed E-state index contributed by atoms with van der Waals surface area (Å²) in [5.41, 5.74) is 3.69. The van der Waals surface area contributed by atoms with Gasteiger partial charge in [-0.15, -0.1) is 0 Å². The Labute approximate surface area is 138 Å². The zero-order chi connectivity index (χ0) is 16.4. The summed E-state index contributed by atoms with van der Waals surface area (Å²) in [5.74, 6) is 1.07. The fourth-order valence-corrected chi connectivity index (χ4v) is 3.24. The number of nitrogens with zero attached hydrogens (tertiary/aromatic N) is 4. The van der Waals surface area contributed by atoms with E-state index < -0.39 is 0 Å². The molecule has 1 aromatic heterocycles. The number of aromatic nitrogens is 2. The van der Waals surface area contributed by atoms with Crippen LogP contribution in [0.1, 0.15) is 29.8 Å². The summed E-state index contributed by atoms with van der Waals surface area (Å²) >= 11 is 0. The van der Waals surface area contributed by atoms with Crippen LogP contribution >= 0.6 is 0 Å². The van der Waals surface area contributed by atoms with Crippen molar-refractivity contribution in [3.63, 3.8) is 0 Å². The fraction of sp³-hybridized carbons (Fsp3) is 0.765. The van der Waals surface area contributed by atoms with E-state index in [9.17, 15) is 4.79 Å². The van der Waals surface area contributed by atoms with Crippen LogP contribution in [0.4, 0.5) is 0 Å². The zero-order valence-electron chi connectivity index (χ0n) is 14.6. The molecule has 1 aliphatic heterocycles. The van der Waals surface area contributed by atoms with Gasteiger partial charge in [-0.2, -0.15) is 5.10 Å². The normalized spacial score (nSPS) is 19.3. The lowest BCUT2D eigenvalue weighted by Crippen LogP contribution is -2.50. The van der Waals surface area contributed by atoms with Gasteiger partial charge in [-0.05, 0) is 39.2 Å². The average molecular weight is 319 g/mol. The maximum atomic E-state index is 12.2. The third-order valence-corrected chi connectivity index (χ3v) is 5.17. The van der Waals surface area contributed by atoms with E-state index in [1.54, 1.807) is 0 Å². The summed E-state index contributed by atoms with van der Waals surface area (Å²) in [6.45, 7) is 10.2. The summed E-state index contributed by atoms with van der Waals surface area (Å²) in [6.07, 6.45) is 2.65. The van der Waals surface area contributed by atoms with E-state index in [1.165, 1.54) is 24.1 Å². The maximum absolute atomic E-state index is 12.2. The molecule has 0 bridgehead atoms. The second-order valence-corrected chi connectivity index (χ2v) is 7.00. The van der Waals surface area contributed by atoms with Gasteiger partial charge >= 0.3 is 0 Å². The van der Waals surface area contributed by atoms with Crippen LogP contribution in [0.3, 0.4) is 0 Å². The summed E-state index contributed by atoms with van der Waals surface area (Å²) < 4.78 is 1.95. The molecule has 0 atom stereocenters. The Morgan fingerprint density at radius 2 is 1.91 bits per heavy atom. The molecule has 1 N–H and O–H groups in total. The number of aryl methyl sites for hydroxylation is 2. The molecule has 23 heavy (non-hydrogen) atoms. The fourth-order valence-electron chi connectivity index (χ4n) is 3.24. The van der Waals surface area contributed by atoms with Crippen LogP contribution in [0, 0.1) is 19.8 Å². The minimum absolute atomic E-state index is 0.249. The number of hydrogen-bond donors (Lipinski definition) is 1. The molecular formula is C17H29N5O. The molecule has 1 saturated carbocycles. The Balaban J connectivity index is 1.43. The smallest absolute Gasteiger partial charge is 0.236 e. The van der Waals surface area contributed by atoms with Crippen molar-refractivity contribution in [2.75, 3.05) is 39.3 Å². The highest BCUT2D eigenvalue weighted by molar-refractivity contribution is 5.78. The minimum atomic E-state index is 0.249. The second kappa shape index (κ2) is 7.01. The van der Waals surface area contributed by atoms with Crippen LogP contribution in [0.2, 0.25) is 0 Å². The van der Waals surface area contributed by atoms with Crippen LogP contribution in [-0.4, -0.2) is 64.8 Å². The Morgan fingerprint density at radius 3 is 2.48 bits per heavy atom. The van der Waals surface area contributed by atoms with E-state index in [0.29, 0.717) is 6.54 Å². The second-order valence-electron chi connectivity index (χ2n) is 7.00. The number of carbonyl (C=O) groups is 1. The van der Waals surface area contributed by atoms with Crippen molar-refractivity contribution >= 4 is 5.91 Å². The van der Waals surface area contributed by atoms with Gasteiger partial charge in [0.05, 0.1) is 12.2 Å². The summed E-state index contributed by atoms with van der Waals surface area (Å²) in [5, 5.41) is 7.79. The molecule has 0 radical (unpaired) electrons. The van der Waals surface area contributed by atoms with Gasteiger partial charge in [-0.3, -0.25) is 14.4 Å². The Morgan fingerprint density at radius 1 is 1.22 bits per heavy atom. The lowest BCUT2D eigenvalue weighted by atomic mass is 10.1. The standard InChI is InChI=1S/C17H29N5O/c1-13-16(14(2)20(3)19-13)12-21-6-8-22(9-7-21)17(23)11-18-10-15-4-5-15/h15,18H,4-12H2,1-3H3. The molecule has 2 heterocycles. The van der Waals surface area contributed by atoms with E-state index in [0.717, 1.165) is 50.9 Å². The van der Waals surface area contributed by atoms with Crippen molar-refractivity contribution in [2.24, 2.45) is 13.0 Å². The van der Waals surface area contributed by atoms with Crippen molar-refractivity contribution in [1.82, 2.24) is 24.9 Å². The highest BCUT2D eigenvalue weighted by atomic mass is 16.2. The first kappa shape index (κ1) is 16.5. The lowest BCUT2D eigenvalue weighted by molar-refractivity contribution is -0.132. The third-order valence-electron chi connectivity index (χ3n) is 5.17. The topological polar surface area (TPSA) is 53.4 Å². The zero-order valence-corrected chi connectivity index (χ0v) is 14.6. The summed E-state index contributed by atoms with van der Waals surface area (Å²) in [6, 6.07) is 0. The van der Waals surface area contributed by atoms with Crippen molar-refractivity contribution in [3.8, 4) is 0 Å². The lowest BCUT2D eigenvalue weighted by Gasteiger charge is -2.35. The molecule has 0 aromatic carbocycles. The Hall–Kier alpha value is -1.40. The van der Waals surface area contributed by atoms with Gasteiger partial charge in [0.2, 0.25) is 5.91 Å². The van der Waals surface area contributed by atoms with Gasteiger partial charge in [-0.1, -0.05) is 0 Å². The molecule has 1 saturated heterocycles. The van der Waals surface area contributed by atoms with Crippen LogP contribution in [0.5, 0.6) is 0 Å².